The van der Waals surface area contributed by atoms with Gasteiger partial charge >= 0.3 is 0 Å². The van der Waals surface area contributed by atoms with Crippen molar-refractivity contribution in [2.75, 3.05) is 19.7 Å². The first-order valence-electron chi connectivity index (χ1n) is 10.1. The number of amides is 2. The lowest BCUT2D eigenvalue weighted by molar-refractivity contribution is -0.134. The van der Waals surface area contributed by atoms with Crippen molar-refractivity contribution in [1.82, 2.24) is 10.2 Å². The third-order valence-electron chi connectivity index (χ3n) is 5.65. The minimum absolute atomic E-state index is 0.00772. The van der Waals surface area contributed by atoms with E-state index in [4.69, 9.17) is 4.74 Å². The summed E-state index contributed by atoms with van der Waals surface area (Å²) < 4.78 is 5.73. The number of aryl methyl sites for hydroxylation is 2. The predicted octanol–water partition coefficient (Wildman–Crippen LogP) is 2.98. The summed E-state index contributed by atoms with van der Waals surface area (Å²) in [6.45, 7) is 1.36. The fraction of sp³-hybridized carbons (Fsp3) is 0.391. The topological polar surface area (TPSA) is 58.6 Å². The molecule has 2 amide bonds. The molecule has 1 heterocycles. The average molecular weight is 378 g/mol. The maximum absolute atomic E-state index is 12.5. The Kier molecular flexibility index (Phi) is 5.60. The van der Waals surface area contributed by atoms with Crippen LogP contribution in [0.25, 0.3) is 0 Å². The Labute approximate surface area is 165 Å². The number of carbonyl (C=O) groups excluding carboxylic acids is 2. The Hall–Kier alpha value is -2.82. The number of ether oxygens (including phenoxy) is 1. The van der Waals surface area contributed by atoms with E-state index >= 15 is 0 Å². The van der Waals surface area contributed by atoms with Gasteiger partial charge in [0.2, 0.25) is 0 Å². The molecular formula is C23H26N2O3. The van der Waals surface area contributed by atoms with Gasteiger partial charge in [0.15, 0.2) is 6.61 Å². The molecular weight excluding hydrogens is 352 g/mol. The molecule has 0 saturated carbocycles. The summed E-state index contributed by atoms with van der Waals surface area (Å²) in [5.41, 5.74) is 3.42. The molecule has 0 atom stereocenters. The minimum Gasteiger partial charge on any atom is -0.484 e. The number of hydrogen-bond donors (Lipinski definition) is 1. The molecule has 28 heavy (non-hydrogen) atoms. The molecule has 2 aromatic carbocycles. The molecule has 1 N–H and O–H groups in total. The van der Waals surface area contributed by atoms with Crippen molar-refractivity contribution in [1.29, 1.82) is 0 Å². The SMILES string of the molecule is O=C(NC1CCN(C(=O)COc2ccc3c(c2)CCC3)CC1)c1ccccc1. The highest BCUT2D eigenvalue weighted by Crippen LogP contribution is 2.26. The van der Waals surface area contributed by atoms with Crippen molar-refractivity contribution < 1.29 is 14.3 Å². The summed E-state index contributed by atoms with van der Waals surface area (Å²) in [5, 5.41) is 3.07. The van der Waals surface area contributed by atoms with Crippen molar-refractivity contribution >= 4 is 11.8 Å². The first kappa shape index (κ1) is 18.5. The summed E-state index contributed by atoms with van der Waals surface area (Å²) in [6, 6.07) is 15.5. The second-order valence-corrected chi connectivity index (χ2v) is 7.57. The van der Waals surface area contributed by atoms with Gasteiger partial charge in [0.1, 0.15) is 5.75 Å². The Morgan fingerprint density at radius 2 is 1.75 bits per heavy atom. The van der Waals surface area contributed by atoms with E-state index in [0.29, 0.717) is 18.7 Å². The van der Waals surface area contributed by atoms with Crippen LogP contribution in [0.1, 0.15) is 40.7 Å². The quantitative estimate of drug-likeness (QED) is 0.870. The van der Waals surface area contributed by atoms with Gasteiger partial charge in [-0.1, -0.05) is 24.3 Å². The summed E-state index contributed by atoms with van der Waals surface area (Å²) in [7, 11) is 0. The zero-order valence-electron chi connectivity index (χ0n) is 16.0. The maximum Gasteiger partial charge on any atom is 0.260 e. The normalized spacial score (nSPS) is 16.5. The number of carbonyl (C=O) groups is 2. The van der Waals surface area contributed by atoms with Gasteiger partial charge in [-0.05, 0) is 67.5 Å². The molecule has 5 heteroatoms. The number of benzene rings is 2. The monoisotopic (exact) mass is 378 g/mol. The highest BCUT2D eigenvalue weighted by Gasteiger charge is 2.24. The number of rotatable bonds is 5. The molecule has 0 spiro atoms. The smallest absolute Gasteiger partial charge is 0.260 e. The molecule has 1 aliphatic heterocycles. The number of piperidine rings is 1. The van der Waals surface area contributed by atoms with E-state index < -0.39 is 0 Å². The van der Waals surface area contributed by atoms with E-state index in [1.165, 1.54) is 17.5 Å². The lowest BCUT2D eigenvalue weighted by Gasteiger charge is -2.32. The zero-order chi connectivity index (χ0) is 19.3. The average Bonchev–Trinajstić information content (AvgIpc) is 3.21. The van der Waals surface area contributed by atoms with Gasteiger partial charge in [-0.3, -0.25) is 9.59 Å². The summed E-state index contributed by atoms with van der Waals surface area (Å²) in [5.74, 6) is 0.734. The van der Waals surface area contributed by atoms with Crippen LogP contribution in [0.3, 0.4) is 0 Å². The summed E-state index contributed by atoms with van der Waals surface area (Å²) >= 11 is 0. The minimum atomic E-state index is -0.0506. The number of nitrogens with one attached hydrogen (secondary N) is 1. The standard InChI is InChI=1S/C23H26N2O3/c26-22(16-28-21-10-9-17-7-4-8-19(17)15-21)25-13-11-20(12-14-25)24-23(27)18-5-2-1-3-6-18/h1-3,5-6,9-10,15,20H,4,7-8,11-14,16H2,(H,24,27). The van der Waals surface area contributed by atoms with Crippen molar-refractivity contribution in [2.45, 2.75) is 38.1 Å². The van der Waals surface area contributed by atoms with Crippen LogP contribution in [-0.4, -0.2) is 42.5 Å². The van der Waals surface area contributed by atoms with Crippen molar-refractivity contribution in [3.63, 3.8) is 0 Å². The molecule has 2 aliphatic rings. The summed E-state index contributed by atoms with van der Waals surface area (Å²) in [4.78, 5) is 26.6. The van der Waals surface area contributed by atoms with Gasteiger partial charge in [-0.2, -0.15) is 0 Å². The highest BCUT2D eigenvalue weighted by molar-refractivity contribution is 5.94. The van der Waals surface area contributed by atoms with Crippen molar-refractivity contribution in [3.05, 3.63) is 65.2 Å². The van der Waals surface area contributed by atoms with Gasteiger partial charge in [0, 0.05) is 24.7 Å². The number of fused-ring (bicyclic) bond motifs is 1. The van der Waals surface area contributed by atoms with Crippen LogP contribution in [0.15, 0.2) is 48.5 Å². The molecule has 0 aromatic heterocycles. The van der Waals surface area contributed by atoms with Crippen LogP contribution in [0, 0.1) is 0 Å². The molecule has 0 bridgehead atoms. The highest BCUT2D eigenvalue weighted by atomic mass is 16.5. The van der Waals surface area contributed by atoms with E-state index in [-0.39, 0.29) is 24.5 Å². The lowest BCUT2D eigenvalue weighted by Crippen LogP contribution is -2.47. The van der Waals surface area contributed by atoms with Crippen LogP contribution in [0.4, 0.5) is 0 Å². The second-order valence-electron chi connectivity index (χ2n) is 7.57. The largest absolute Gasteiger partial charge is 0.484 e. The van der Waals surface area contributed by atoms with Gasteiger partial charge < -0.3 is 15.0 Å². The Morgan fingerprint density at radius 1 is 1.00 bits per heavy atom. The third kappa shape index (κ3) is 4.35. The fourth-order valence-corrected chi connectivity index (χ4v) is 4.01. The number of nitrogens with zero attached hydrogens (tertiary/aromatic N) is 1. The number of hydrogen-bond acceptors (Lipinski definition) is 3. The van der Waals surface area contributed by atoms with Gasteiger partial charge in [-0.25, -0.2) is 0 Å². The predicted molar refractivity (Wildman–Crippen MR) is 107 cm³/mol. The molecule has 4 rings (SSSR count). The molecule has 146 valence electrons. The van der Waals surface area contributed by atoms with Gasteiger partial charge in [0.05, 0.1) is 0 Å². The van der Waals surface area contributed by atoms with E-state index in [9.17, 15) is 9.59 Å². The molecule has 1 saturated heterocycles. The third-order valence-corrected chi connectivity index (χ3v) is 5.65. The Morgan fingerprint density at radius 3 is 2.54 bits per heavy atom. The van der Waals surface area contributed by atoms with Crippen LogP contribution in [0.2, 0.25) is 0 Å². The molecule has 0 unspecified atom stereocenters. The van der Waals surface area contributed by atoms with E-state index in [1.54, 1.807) is 0 Å². The summed E-state index contributed by atoms with van der Waals surface area (Å²) in [6.07, 6.45) is 4.98. The fourth-order valence-electron chi connectivity index (χ4n) is 4.01. The first-order chi connectivity index (χ1) is 13.7. The molecule has 2 aromatic rings. The van der Waals surface area contributed by atoms with Crippen LogP contribution in [-0.2, 0) is 17.6 Å². The molecule has 1 fully saturated rings. The molecule has 5 nitrogen and oxygen atoms in total. The number of likely N-dealkylation sites (tertiary alicyclic amines) is 1. The van der Waals surface area contributed by atoms with Crippen molar-refractivity contribution in [3.8, 4) is 5.75 Å². The van der Waals surface area contributed by atoms with Gasteiger partial charge in [-0.15, -0.1) is 0 Å². The van der Waals surface area contributed by atoms with Crippen LogP contribution < -0.4 is 10.1 Å². The van der Waals surface area contributed by atoms with E-state index in [1.807, 2.05) is 41.3 Å². The van der Waals surface area contributed by atoms with E-state index in [0.717, 1.165) is 31.4 Å². The van der Waals surface area contributed by atoms with Crippen LogP contribution >= 0.6 is 0 Å². The zero-order valence-corrected chi connectivity index (χ0v) is 16.0. The lowest BCUT2D eigenvalue weighted by atomic mass is 10.0. The molecule has 1 aliphatic carbocycles. The van der Waals surface area contributed by atoms with E-state index in [2.05, 4.69) is 17.4 Å². The molecule has 0 radical (unpaired) electrons. The maximum atomic E-state index is 12.5. The Bertz CT molecular complexity index is 842. The van der Waals surface area contributed by atoms with Gasteiger partial charge in [0.25, 0.3) is 11.8 Å². The van der Waals surface area contributed by atoms with Crippen molar-refractivity contribution in [2.24, 2.45) is 0 Å². The first-order valence-corrected chi connectivity index (χ1v) is 10.1. The second kappa shape index (κ2) is 8.46. The van der Waals surface area contributed by atoms with Crippen LogP contribution in [0.5, 0.6) is 5.75 Å². The Balaban J connectivity index is 1.22.